The number of H-pyrrole nitrogens is 1. The molecule has 2 fully saturated rings. The third-order valence-electron chi connectivity index (χ3n) is 24.0. The summed E-state index contributed by atoms with van der Waals surface area (Å²) in [6.45, 7) is 3.82. The number of rotatable bonds is 50. The van der Waals surface area contributed by atoms with E-state index in [-0.39, 0.29) is 107 Å². The largest absolute Gasteiger partial charge is 0.508 e. The summed E-state index contributed by atoms with van der Waals surface area (Å²) in [6.07, 6.45) is -1.78. The van der Waals surface area contributed by atoms with Gasteiger partial charge >= 0.3 is 5.97 Å². The number of likely N-dealkylation sites (N-methyl/N-ethyl adjacent to an activating group) is 3. The number of carboxylic acid groups (broad SMARTS) is 1. The van der Waals surface area contributed by atoms with E-state index in [0.29, 0.717) is 75.5 Å². The number of fused-ring (bicyclic) bond motifs is 1. The van der Waals surface area contributed by atoms with Crippen molar-refractivity contribution >= 4 is 118 Å². The van der Waals surface area contributed by atoms with Gasteiger partial charge < -0.3 is 113 Å². The number of nitrogens with zero attached hydrogens (tertiary/aromatic N) is 5. The standard InChI is InChI=1S/C96H119F3N16O21S/c1-8-9-25-76(95(134)115-50-64(119)47-78(115)91(130)104-61(51-116)46-82(122)123)111(4)94(133)79(44-56-21-14-11-15-22-56)113(6)92(131)72(42-59-38-66(97)83(99)67(98)39-59)105-81(121)53-137-52-74(85(124)103-49-80(100)120)110-86(125)69(35-37-136-7)106-87(126)70(40-57-27-31-62(117)32-28-57)107-88(127)71(45-60-48-102-68-24-17-16-23-65(60)68)108-89(128)75-26-18-36-114(75)93(132)73(41-58-29-33-63(118)34-30-58)109-90(129)77(43-55-19-12-10-13-20-55)112(5)96(135)84(101)54(2)3/h10-17,19-24,27-34,38-39,48,51,54,61,64,69-79,84,102,117-119H,8-9,18,25-26,35-37,40-47,49-50,52-53,101H2,1-7H3,(H2,100,120)(H,103,124)(H,104,130)(H,105,121)(H,106,126)(H,107,127)(H,108,128)(H,109,129)(H,110,125)(H,122,123)/t61-,64+,69-,70-,71-,72-,73-,74-,75+,76-,77?,78+,79-,84-/m0/s1. The van der Waals surface area contributed by atoms with Crippen molar-refractivity contribution in [3.8, 4) is 11.5 Å². The van der Waals surface area contributed by atoms with Gasteiger partial charge in [-0.3, -0.25) is 71.9 Å². The van der Waals surface area contributed by atoms with Gasteiger partial charge in [-0.15, -0.1) is 11.8 Å². The van der Waals surface area contributed by atoms with E-state index in [1.807, 2.05) is 0 Å². The summed E-state index contributed by atoms with van der Waals surface area (Å²) in [5.41, 5.74) is 14.6. The maximum atomic E-state index is 15.5. The predicted molar refractivity (Wildman–Crippen MR) is 497 cm³/mol. The van der Waals surface area contributed by atoms with Gasteiger partial charge in [0.05, 0.1) is 36.9 Å². The minimum absolute atomic E-state index is 0.00651. The van der Waals surface area contributed by atoms with Gasteiger partial charge in [-0.1, -0.05) is 137 Å². The molecule has 0 saturated carbocycles. The number of hydrogen-bond acceptors (Lipinski definition) is 22. The zero-order valence-electron chi connectivity index (χ0n) is 77.0. The molecule has 2 aliphatic heterocycles. The lowest BCUT2D eigenvalue weighted by Gasteiger charge is -2.37. The van der Waals surface area contributed by atoms with Crippen LogP contribution in [-0.2, 0) is 120 Å². The molecule has 0 spiro atoms. The first-order valence-corrected chi connectivity index (χ1v) is 46.0. The zero-order valence-corrected chi connectivity index (χ0v) is 77.8. The molecule has 2 saturated heterocycles. The lowest BCUT2D eigenvalue weighted by Crippen LogP contribution is -2.61. The first-order valence-electron chi connectivity index (χ1n) is 44.9. The van der Waals surface area contributed by atoms with Crippen LogP contribution >= 0.6 is 11.8 Å². The van der Waals surface area contributed by atoms with E-state index >= 15 is 37.5 Å². The molecule has 41 heteroatoms. The van der Waals surface area contributed by atoms with Crippen molar-refractivity contribution in [2.75, 3.05) is 66.0 Å². The number of nitrogens with two attached hydrogens (primary N) is 2. The third-order valence-corrected chi connectivity index (χ3v) is 25.0. The normalized spacial score (nSPS) is 16.5. The minimum Gasteiger partial charge on any atom is -0.508 e. The maximum absolute atomic E-state index is 15.5. The van der Waals surface area contributed by atoms with Gasteiger partial charge in [-0.05, 0) is 107 Å². The fraction of sp³-hybridized carbons (Fsp3) is 0.438. The number of aromatic amines is 1. The summed E-state index contributed by atoms with van der Waals surface area (Å²) in [6, 6.07) is 17.2. The number of hydrogen-bond donors (Lipinski definition) is 15. The molecule has 3 heterocycles. The Morgan fingerprint density at radius 2 is 1.09 bits per heavy atom. The molecule has 9 rings (SSSR count). The number of thioether (sulfide) groups is 1. The first kappa shape index (κ1) is 107. The van der Waals surface area contributed by atoms with Gasteiger partial charge in [0.1, 0.15) is 84.2 Å². The second-order valence-electron chi connectivity index (χ2n) is 34.4. The molecule has 2 aliphatic rings. The van der Waals surface area contributed by atoms with Crippen LogP contribution in [0.25, 0.3) is 10.9 Å². The maximum Gasteiger partial charge on any atom is 0.305 e. The fourth-order valence-electron chi connectivity index (χ4n) is 16.3. The summed E-state index contributed by atoms with van der Waals surface area (Å²) in [4.78, 5) is 238. The number of aromatic nitrogens is 1. The zero-order chi connectivity index (χ0) is 100. The number of benzene rings is 6. The number of amides is 14. The molecule has 0 radical (unpaired) electrons. The lowest BCUT2D eigenvalue weighted by atomic mass is 9.99. The first-order chi connectivity index (χ1) is 65.3. The van der Waals surface area contributed by atoms with Gasteiger partial charge in [-0.25, -0.2) is 13.2 Å². The number of phenolic OH excluding ortho intramolecular Hbond substituents is 2. The van der Waals surface area contributed by atoms with Crippen LogP contribution < -0.4 is 54.0 Å². The molecule has 14 atom stereocenters. The average molecular weight is 1920 g/mol. The Morgan fingerprint density at radius 3 is 1.68 bits per heavy atom. The average Bonchev–Trinajstić information content (AvgIpc) is 1.48. The van der Waals surface area contributed by atoms with E-state index in [2.05, 4.69) is 47.5 Å². The number of methoxy groups -OCH3 is 1. The number of carbonyl (C=O) groups is 16. The number of likely N-dealkylation sites (tertiary alicyclic amines) is 2. The highest BCUT2D eigenvalue weighted by atomic mass is 32.2. The molecule has 37 nitrogen and oxygen atoms in total. The number of para-hydroxylation sites is 1. The molecule has 17 N–H and O–H groups in total. The Hall–Kier alpha value is -13.8. The van der Waals surface area contributed by atoms with E-state index in [0.717, 1.165) is 14.7 Å². The van der Waals surface area contributed by atoms with E-state index in [4.69, 9.17) is 16.2 Å². The summed E-state index contributed by atoms with van der Waals surface area (Å²) < 4.78 is 50.3. The third kappa shape index (κ3) is 30.3. The second-order valence-corrected chi connectivity index (χ2v) is 35.4. The number of aliphatic hydroxyl groups is 1. The number of ether oxygens (including phenoxy) is 1. The van der Waals surface area contributed by atoms with Crippen LogP contribution in [0.1, 0.15) is 106 Å². The van der Waals surface area contributed by atoms with Crippen molar-refractivity contribution in [2.45, 2.75) is 195 Å². The molecule has 736 valence electrons. The number of aliphatic hydroxyl groups excluding tert-OH is 1. The summed E-state index contributed by atoms with van der Waals surface area (Å²) in [5.74, 6) is -21.4. The molecule has 1 unspecified atom stereocenters. The Labute approximate surface area is 793 Å². The monoisotopic (exact) mass is 1920 g/mol. The minimum atomic E-state index is -1.89. The Bertz CT molecular complexity index is 5400. The summed E-state index contributed by atoms with van der Waals surface area (Å²) in [7, 11) is 5.15. The number of β-amino-alcohol motifs (C(OH)–C–C–N with tert-alkyl or cyclic N) is 1. The predicted octanol–water partition coefficient (Wildman–Crippen LogP) is 1.80. The van der Waals surface area contributed by atoms with Gasteiger partial charge in [0.15, 0.2) is 17.5 Å². The molecule has 6 aromatic carbocycles. The molecule has 0 aliphatic carbocycles. The molecule has 7 aromatic rings. The Balaban J connectivity index is 0.963. The number of aromatic hydroxyl groups is 2. The van der Waals surface area contributed by atoms with Crippen LogP contribution in [0, 0.1) is 23.4 Å². The van der Waals surface area contributed by atoms with E-state index in [1.54, 1.807) is 124 Å². The lowest BCUT2D eigenvalue weighted by molar-refractivity contribution is -0.152. The van der Waals surface area contributed by atoms with Gasteiger partial charge in [-0.2, -0.15) is 0 Å². The highest BCUT2D eigenvalue weighted by molar-refractivity contribution is 8.00. The smallest absolute Gasteiger partial charge is 0.305 e. The number of nitrogens with one attached hydrogen (secondary N) is 9. The fourth-order valence-corrected chi connectivity index (χ4v) is 17.1. The van der Waals surface area contributed by atoms with E-state index in [9.17, 15) is 72.8 Å². The number of unbranched alkanes of at least 4 members (excludes halogenated alkanes) is 1. The number of aldehydes is 1. The quantitative estimate of drug-likeness (QED) is 0.0191. The molecule has 1 aromatic heterocycles. The van der Waals surface area contributed by atoms with Crippen molar-refractivity contribution in [3.05, 3.63) is 203 Å². The molecular formula is C96H119F3N16O21S. The number of primary amides is 1. The highest BCUT2D eigenvalue weighted by Gasteiger charge is 2.47. The molecule has 14 amide bonds. The topological polar surface area (TPSA) is 544 Å². The molecule has 137 heavy (non-hydrogen) atoms. The van der Waals surface area contributed by atoms with Crippen molar-refractivity contribution < 1.29 is 115 Å². The van der Waals surface area contributed by atoms with E-state index < -0.39 is 228 Å². The van der Waals surface area contributed by atoms with E-state index in [1.165, 1.54) is 74.5 Å². The Morgan fingerprint density at radius 1 is 0.569 bits per heavy atom. The van der Waals surface area contributed by atoms with Crippen LogP contribution in [0.15, 0.2) is 152 Å². The van der Waals surface area contributed by atoms with Gasteiger partial charge in [0, 0.05) is 116 Å². The Kier molecular flexibility index (Phi) is 40.0. The number of aliphatic carboxylic acids is 1. The molecule has 0 bridgehead atoms. The second kappa shape index (κ2) is 51.2. The van der Waals surface area contributed by atoms with Crippen LogP contribution in [0.5, 0.6) is 11.5 Å². The van der Waals surface area contributed by atoms with Crippen molar-refractivity contribution in [1.29, 1.82) is 0 Å². The van der Waals surface area contributed by atoms with Crippen LogP contribution in [0.4, 0.5) is 13.2 Å². The van der Waals surface area contributed by atoms with Crippen LogP contribution in [0.3, 0.4) is 0 Å². The van der Waals surface area contributed by atoms with Crippen molar-refractivity contribution in [3.63, 3.8) is 0 Å². The molecular weight excluding hydrogens is 1800 g/mol. The van der Waals surface area contributed by atoms with Gasteiger partial charge in [0.2, 0.25) is 82.7 Å². The number of carbonyl (C=O) groups excluding carboxylic acids is 15. The van der Waals surface area contributed by atoms with Gasteiger partial charge in [0.25, 0.3) is 0 Å². The summed E-state index contributed by atoms with van der Waals surface area (Å²) in [5, 5.41) is 62.4. The summed E-state index contributed by atoms with van der Waals surface area (Å²) >= 11 is 0.640. The van der Waals surface area contributed by atoms with Crippen molar-refractivity contribution in [1.82, 2.24) is 72.0 Å². The number of halogens is 3. The van der Waals surface area contributed by atoms with Crippen molar-refractivity contribution in [2.24, 2.45) is 17.4 Å². The van der Waals surface area contributed by atoms with Crippen LogP contribution in [-0.4, -0.2) is 296 Å². The SMILES string of the molecule is CCCC[C@@H](C(=O)N1C[C@H](O)C[C@@H]1C(=O)N[C@H](C=O)CC(=O)O)N(C)C(=O)[C@H](Cc1ccccc1)N(C)C(=O)[C@H](Cc1cc(F)c(F)c(F)c1)NC(=O)CSC[C@H](NC(=O)[C@H](CCOC)NC(=O)[C@H](Cc1ccc(O)cc1)NC(=O)[C@H](Cc1c[nH]c2ccccc12)NC(=O)[C@H]1CCCN1C(=O)[C@H](Cc1ccc(O)cc1)NC(=O)C(Cc1ccccc1)N(C)C(=O)[C@@H](N)C(C)C)C(=O)NCC(N)=O. The number of phenols is 2. The van der Waals surface area contributed by atoms with Crippen LogP contribution in [0.2, 0.25) is 0 Å². The number of carboxylic acids is 1. The highest BCUT2D eigenvalue weighted by Crippen LogP contribution is 2.29.